The van der Waals surface area contributed by atoms with Crippen LogP contribution in [0.15, 0.2) is 30.3 Å². The van der Waals surface area contributed by atoms with Crippen molar-refractivity contribution in [3.63, 3.8) is 0 Å². The first-order chi connectivity index (χ1) is 7.36. The van der Waals surface area contributed by atoms with E-state index in [1.165, 1.54) is 17.1 Å². The second-order valence-electron chi connectivity index (χ2n) is 3.66. The van der Waals surface area contributed by atoms with E-state index >= 15 is 0 Å². The SMILES string of the molecule is S=C(Cc1ccccc1)N1CCSCC1. The van der Waals surface area contributed by atoms with E-state index in [1.54, 1.807) is 0 Å². The van der Waals surface area contributed by atoms with Crippen molar-refractivity contribution in [2.45, 2.75) is 6.42 Å². The molecule has 0 amide bonds. The van der Waals surface area contributed by atoms with E-state index in [0.717, 1.165) is 24.5 Å². The third kappa shape index (κ3) is 3.21. The van der Waals surface area contributed by atoms with E-state index in [-0.39, 0.29) is 0 Å². The van der Waals surface area contributed by atoms with Gasteiger partial charge in [-0.25, -0.2) is 0 Å². The zero-order valence-corrected chi connectivity index (χ0v) is 10.3. The van der Waals surface area contributed by atoms with Gasteiger partial charge in [0.05, 0.1) is 4.99 Å². The molecule has 0 N–H and O–H groups in total. The van der Waals surface area contributed by atoms with Crippen LogP contribution in [0.2, 0.25) is 0 Å². The maximum Gasteiger partial charge on any atom is 0.0824 e. The predicted octanol–water partition coefficient (Wildman–Crippen LogP) is 2.61. The molecule has 0 saturated carbocycles. The predicted molar refractivity (Wildman–Crippen MR) is 71.6 cm³/mol. The molecular formula is C12H15NS2. The number of nitrogens with zero attached hydrogens (tertiary/aromatic N) is 1. The number of thioether (sulfide) groups is 1. The molecule has 1 aromatic carbocycles. The van der Waals surface area contributed by atoms with Crippen LogP contribution in [0.4, 0.5) is 0 Å². The van der Waals surface area contributed by atoms with Crippen LogP contribution < -0.4 is 0 Å². The van der Waals surface area contributed by atoms with Gasteiger partial charge >= 0.3 is 0 Å². The van der Waals surface area contributed by atoms with Crippen LogP contribution in [0.1, 0.15) is 5.56 Å². The molecule has 0 spiro atoms. The Labute approximate surface area is 101 Å². The van der Waals surface area contributed by atoms with Gasteiger partial charge in [0.2, 0.25) is 0 Å². The van der Waals surface area contributed by atoms with Crippen molar-refractivity contribution in [2.75, 3.05) is 24.6 Å². The first kappa shape index (κ1) is 11.0. The fourth-order valence-electron chi connectivity index (χ4n) is 1.70. The van der Waals surface area contributed by atoms with Crippen molar-refractivity contribution in [2.24, 2.45) is 0 Å². The number of rotatable bonds is 2. The lowest BCUT2D eigenvalue weighted by Gasteiger charge is -2.28. The molecule has 3 heteroatoms. The van der Waals surface area contributed by atoms with Crippen LogP contribution in [0.5, 0.6) is 0 Å². The molecule has 1 heterocycles. The summed E-state index contributed by atoms with van der Waals surface area (Å²) in [5, 5.41) is 0. The second kappa shape index (κ2) is 5.52. The molecule has 1 aliphatic heterocycles. The largest absolute Gasteiger partial charge is 0.364 e. The summed E-state index contributed by atoms with van der Waals surface area (Å²) in [6.45, 7) is 2.24. The van der Waals surface area contributed by atoms with Crippen LogP contribution >= 0.6 is 24.0 Å². The highest BCUT2D eigenvalue weighted by Crippen LogP contribution is 2.12. The van der Waals surface area contributed by atoms with Gasteiger partial charge in [-0.2, -0.15) is 11.8 Å². The summed E-state index contributed by atoms with van der Waals surface area (Å²) in [5.74, 6) is 2.43. The smallest absolute Gasteiger partial charge is 0.0824 e. The molecule has 0 unspecified atom stereocenters. The lowest BCUT2D eigenvalue weighted by atomic mass is 10.1. The zero-order valence-electron chi connectivity index (χ0n) is 8.69. The average Bonchev–Trinajstić information content (AvgIpc) is 2.31. The van der Waals surface area contributed by atoms with Gasteiger partial charge in [-0.05, 0) is 5.56 Å². The van der Waals surface area contributed by atoms with E-state index in [4.69, 9.17) is 12.2 Å². The standard InChI is InChI=1S/C12H15NS2/c14-12(13-6-8-15-9-7-13)10-11-4-2-1-3-5-11/h1-5H,6-10H2. The Kier molecular flexibility index (Phi) is 4.03. The van der Waals surface area contributed by atoms with Crippen LogP contribution in [-0.2, 0) is 6.42 Å². The Morgan fingerprint density at radius 2 is 1.87 bits per heavy atom. The molecule has 0 radical (unpaired) electrons. The van der Waals surface area contributed by atoms with Crippen molar-refractivity contribution in [3.8, 4) is 0 Å². The summed E-state index contributed by atoms with van der Waals surface area (Å²) in [5.41, 5.74) is 1.32. The van der Waals surface area contributed by atoms with E-state index in [1.807, 2.05) is 17.8 Å². The maximum absolute atomic E-state index is 5.47. The van der Waals surface area contributed by atoms with Crippen molar-refractivity contribution >= 4 is 29.0 Å². The van der Waals surface area contributed by atoms with Crippen LogP contribution in [0, 0.1) is 0 Å². The van der Waals surface area contributed by atoms with Gasteiger partial charge in [0.1, 0.15) is 0 Å². The van der Waals surface area contributed by atoms with Gasteiger partial charge in [0.15, 0.2) is 0 Å². The van der Waals surface area contributed by atoms with Crippen molar-refractivity contribution in [3.05, 3.63) is 35.9 Å². The summed E-state index contributed by atoms with van der Waals surface area (Å²) in [4.78, 5) is 3.44. The number of benzene rings is 1. The molecule has 2 rings (SSSR count). The molecule has 1 aromatic rings. The summed E-state index contributed by atoms with van der Waals surface area (Å²) in [6.07, 6.45) is 0.917. The highest BCUT2D eigenvalue weighted by atomic mass is 32.2. The topological polar surface area (TPSA) is 3.24 Å². The van der Waals surface area contributed by atoms with E-state index < -0.39 is 0 Å². The second-order valence-corrected chi connectivity index (χ2v) is 5.35. The third-order valence-electron chi connectivity index (χ3n) is 2.56. The van der Waals surface area contributed by atoms with Crippen LogP contribution in [0.25, 0.3) is 0 Å². The summed E-state index contributed by atoms with van der Waals surface area (Å²) >= 11 is 7.49. The Bertz CT molecular complexity index is 318. The molecule has 1 fully saturated rings. The molecule has 1 saturated heterocycles. The average molecular weight is 237 g/mol. The normalized spacial score (nSPS) is 16.4. The van der Waals surface area contributed by atoms with E-state index in [2.05, 4.69) is 29.2 Å². The minimum Gasteiger partial charge on any atom is -0.364 e. The van der Waals surface area contributed by atoms with E-state index in [0.29, 0.717) is 0 Å². The molecule has 0 aliphatic carbocycles. The fraction of sp³-hybridized carbons (Fsp3) is 0.417. The minimum atomic E-state index is 0.917. The maximum atomic E-state index is 5.47. The van der Waals surface area contributed by atoms with Gasteiger partial charge < -0.3 is 4.90 Å². The molecule has 1 nitrogen and oxygen atoms in total. The Morgan fingerprint density at radius 1 is 1.20 bits per heavy atom. The van der Waals surface area contributed by atoms with E-state index in [9.17, 15) is 0 Å². The fourth-order valence-corrected chi connectivity index (χ4v) is 2.95. The lowest BCUT2D eigenvalue weighted by molar-refractivity contribution is 0.465. The van der Waals surface area contributed by atoms with Gasteiger partial charge in [-0.3, -0.25) is 0 Å². The first-order valence-corrected chi connectivity index (χ1v) is 6.82. The Morgan fingerprint density at radius 3 is 2.53 bits per heavy atom. The quantitative estimate of drug-likeness (QED) is 0.728. The van der Waals surface area contributed by atoms with Gasteiger partial charge in [-0.15, -0.1) is 0 Å². The highest BCUT2D eigenvalue weighted by Gasteiger charge is 2.13. The van der Waals surface area contributed by atoms with Gasteiger partial charge in [0.25, 0.3) is 0 Å². The first-order valence-electron chi connectivity index (χ1n) is 5.26. The number of thiocarbonyl (C=S) groups is 1. The van der Waals surface area contributed by atoms with Crippen LogP contribution in [-0.4, -0.2) is 34.5 Å². The monoisotopic (exact) mass is 237 g/mol. The molecule has 15 heavy (non-hydrogen) atoms. The molecular weight excluding hydrogens is 222 g/mol. The lowest BCUT2D eigenvalue weighted by Crippen LogP contribution is -2.37. The molecule has 80 valence electrons. The Balaban J connectivity index is 1.91. The molecule has 0 atom stereocenters. The zero-order chi connectivity index (χ0) is 10.5. The number of hydrogen-bond acceptors (Lipinski definition) is 2. The van der Waals surface area contributed by atoms with Crippen molar-refractivity contribution in [1.82, 2.24) is 4.90 Å². The Hall–Kier alpha value is -0.540. The van der Waals surface area contributed by atoms with Crippen molar-refractivity contribution in [1.29, 1.82) is 0 Å². The third-order valence-corrected chi connectivity index (χ3v) is 3.91. The molecule has 0 aromatic heterocycles. The molecule has 0 bridgehead atoms. The summed E-state index contributed by atoms with van der Waals surface area (Å²) in [7, 11) is 0. The van der Waals surface area contributed by atoms with Gasteiger partial charge in [0, 0.05) is 31.0 Å². The summed E-state index contributed by atoms with van der Waals surface area (Å²) in [6, 6.07) is 10.5. The van der Waals surface area contributed by atoms with Crippen LogP contribution in [0.3, 0.4) is 0 Å². The van der Waals surface area contributed by atoms with Crippen molar-refractivity contribution < 1.29 is 0 Å². The minimum absolute atomic E-state index is 0.917. The summed E-state index contributed by atoms with van der Waals surface area (Å²) < 4.78 is 0. The van der Waals surface area contributed by atoms with Gasteiger partial charge in [-0.1, -0.05) is 42.5 Å². The number of hydrogen-bond donors (Lipinski definition) is 0. The highest BCUT2D eigenvalue weighted by molar-refractivity contribution is 7.99. The molecule has 1 aliphatic rings.